The molecule has 0 radical (unpaired) electrons. The van der Waals surface area contributed by atoms with Crippen molar-refractivity contribution in [3.05, 3.63) is 63.3 Å². The summed E-state index contributed by atoms with van der Waals surface area (Å²) in [7, 11) is 0. The zero-order valence-corrected chi connectivity index (χ0v) is 10.7. The van der Waals surface area contributed by atoms with Crippen molar-refractivity contribution in [3.63, 3.8) is 0 Å². The van der Waals surface area contributed by atoms with Crippen molar-refractivity contribution < 1.29 is 0 Å². The highest BCUT2D eigenvalue weighted by Crippen LogP contribution is 2.35. The highest BCUT2D eigenvalue weighted by Gasteiger charge is 2.25. The molecule has 98 valence electrons. The number of hydrogen-bond acceptors (Lipinski definition) is 3. The first kappa shape index (κ1) is 12.1. The normalized spacial score (nSPS) is 17.4. The standard InChI is InChI=1S/C15H17N3O/c16-8-7-11-9-14(19)18-15(17-11)13-6-5-10-3-1-2-4-12(10)13/h1-4,9,13H,5-8,16H2,(H,17,18,19). The Morgan fingerprint density at radius 3 is 3.05 bits per heavy atom. The van der Waals surface area contributed by atoms with Gasteiger partial charge >= 0.3 is 0 Å². The fourth-order valence-corrected chi connectivity index (χ4v) is 2.81. The van der Waals surface area contributed by atoms with Crippen molar-refractivity contribution in [2.45, 2.75) is 25.2 Å². The van der Waals surface area contributed by atoms with Gasteiger partial charge in [0.25, 0.3) is 5.56 Å². The van der Waals surface area contributed by atoms with E-state index in [9.17, 15) is 4.79 Å². The predicted molar refractivity (Wildman–Crippen MR) is 74.2 cm³/mol. The molecule has 2 aromatic rings. The first-order valence-electron chi connectivity index (χ1n) is 6.66. The van der Waals surface area contributed by atoms with Crippen LogP contribution in [-0.4, -0.2) is 16.5 Å². The van der Waals surface area contributed by atoms with Crippen LogP contribution < -0.4 is 11.3 Å². The Balaban J connectivity index is 2.02. The highest BCUT2D eigenvalue weighted by molar-refractivity contribution is 5.38. The number of aromatic amines is 1. The summed E-state index contributed by atoms with van der Waals surface area (Å²) in [6, 6.07) is 9.91. The fourth-order valence-electron chi connectivity index (χ4n) is 2.81. The van der Waals surface area contributed by atoms with E-state index in [1.54, 1.807) is 0 Å². The first-order chi connectivity index (χ1) is 9.28. The zero-order valence-electron chi connectivity index (χ0n) is 10.7. The van der Waals surface area contributed by atoms with Gasteiger partial charge in [-0.3, -0.25) is 4.79 Å². The third kappa shape index (κ3) is 2.31. The second-order valence-electron chi connectivity index (χ2n) is 4.95. The maximum Gasteiger partial charge on any atom is 0.251 e. The smallest absolute Gasteiger partial charge is 0.251 e. The van der Waals surface area contributed by atoms with Crippen LogP contribution in [-0.2, 0) is 12.8 Å². The number of nitrogens with zero attached hydrogens (tertiary/aromatic N) is 1. The number of nitrogens with one attached hydrogen (secondary N) is 1. The van der Waals surface area contributed by atoms with Crippen LogP contribution in [0.2, 0.25) is 0 Å². The van der Waals surface area contributed by atoms with Gasteiger partial charge in [-0.2, -0.15) is 0 Å². The van der Waals surface area contributed by atoms with Crippen LogP contribution >= 0.6 is 0 Å². The molecule has 3 N–H and O–H groups in total. The van der Waals surface area contributed by atoms with Gasteiger partial charge in [0, 0.05) is 24.1 Å². The van der Waals surface area contributed by atoms with Crippen molar-refractivity contribution in [1.82, 2.24) is 9.97 Å². The fraction of sp³-hybridized carbons (Fsp3) is 0.333. The van der Waals surface area contributed by atoms with Crippen molar-refractivity contribution in [2.24, 2.45) is 5.73 Å². The van der Waals surface area contributed by atoms with E-state index in [-0.39, 0.29) is 11.5 Å². The van der Waals surface area contributed by atoms with Crippen molar-refractivity contribution >= 4 is 0 Å². The lowest BCUT2D eigenvalue weighted by Crippen LogP contribution is -2.17. The predicted octanol–water partition coefficient (Wildman–Crippen LogP) is 1.35. The third-order valence-electron chi connectivity index (χ3n) is 3.68. The van der Waals surface area contributed by atoms with E-state index in [2.05, 4.69) is 28.2 Å². The summed E-state index contributed by atoms with van der Waals surface area (Å²) in [6.45, 7) is 0.511. The molecule has 1 aliphatic carbocycles. The summed E-state index contributed by atoms with van der Waals surface area (Å²) in [5, 5.41) is 0. The van der Waals surface area contributed by atoms with E-state index in [1.807, 2.05) is 6.07 Å². The molecule has 1 aromatic heterocycles. The lowest BCUT2D eigenvalue weighted by Gasteiger charge is -2.11. The number of aromatic nitrogens is 2. The molecule has 1 unspecified atom stereocenters. The Labute approximate surface area is 111 Å². The van der Waals surface area contributed by atoms with Gasteiger partial charge in [-0.05, 0) is 30.5 Å². The summed E-state index contributed by atoms with van der Waals surface area (Å²) < 4.78 is 0. The summed E-state index contributed by atoms with van der Waals surface area (Å²) in [5.41, 5.74) is 8.88. The van der Waals surface area contributed by atoms with Crippen molar-refractivity contribution in [3.8, 4) is 0 Å². The van der Waals surface area contributed by atoms with E-state index in [0.717, 1.165) is 24.4 Å². The van der Waals surface area contributed by atoms with E-state index in [1.165, 1.54) is 17.2 Å². The summed E-state index contributed by atoms with van der Waals surface area (Å²) in [5.74, 6) is 0.988. The summed E-state index contributed by atoms with van der Waals surface area (Å²) in [4.78, 5) is 19.2. The average Bonchev–Trinajstić information content (AvgIpc) is 2.82. The molecule has 19 heavy (non-hydrogen) atoms. The van der Waals surface area contributed by atoms with E-state index < -0.39 is 0 Å². The zero-order chi connectivity index (χ0) is 13.2. The molecule has 3 rings (SSSR count). The molecule has 0 amide bonds. The minimum atomic E-state index is -0.0853. The van der Waals surface area contributed by atoms with Gasteiger partial charge in [0.15, 0.2) is 0 Å². The molecule has 1 aliphatic rings. The van der Waals surface area contributed by atoms with Gasteiger partial charge in [0.1, 0.15) is 5.82 Å². The van der Waals surface area contributed by atoms with Crippen molar-refractivity contribution in [1.29, 1.82) is 0 Å². The second kappa shape index (κ2) is 4.97. The molecule has 4 heteroatoms. The number of aryl methyl sites for hydroxylation is 1. The quantitative estimate of drug-likeness (QED) is 0.869. The van der Waals surface area contributed by atoms with Gasteiger partial charge in [-0.25, -0.2) is 4.98 Å². The lowest BCUT2D eigenvalue weighted by atomic mass is 10.0. The lowest BCUT2D eigenvalue weighted by molar-refractivity contribution is 0.710. The topological polar surface area (TPSA) is 71.8 Å². The molecule has 0 fully saturated rings. The molecule has 4 nitrogen and oxygen atoms in total. The molecular weight excluding hydrogens is 238 g/mol. The number of rotatable bonds is 3. The molecule has 0 aliphatic heterocycles. The number of benzene rings is 1. The molecule has 0 saturated carbocycles. The van der Waals surface area contributed by atoms with E-state index in [0.29, 0.717) is 13.0 Å². The molecule has 1 heterocycles. The Kier molecular flexibility index (Phi) is 3.17. The summed E-state index contributed by atoms with van der Waals surface area (Å²) >= 11 is 0. The van der Waals surface area contributed by atoms with Crippen LogP contribution in [0.25, 0.3) is 0 Å². The molecule has 0 spiro atoms. The highest BCUT2D eigenvalue weighted by atomic mass is 16.1. The van der Waals surface area contributed by atoms with Gasteiger partial charge in [0.05, 0.1) is 0 Å². The maximum absolute atomic E-state index is 11.7. The van der Waals surface area contributed by atoms with Gasteiger partial charge in [-0.15, -0.1) is 0 Å². The Bertz CT molecular complexity index is 648. The minimum Gasteiger partial charge on any atom is -0.330 e. The number of hydrogen-bond donors (Lipinski definition) is 2. The van der Waals surface area contributed by atoms with Crippen LogP contribution in [0.5, 0.6) is 0 Å². The summed E-state index contributed by atoms with van der Waals surface area (Å²) in [6.07, 6.45) is 2.70. The number of H-pyrrole nitrogens is 1. The maximum atomic E-state index is 11.7. The molecule has 0 bridgehead atoms. The van der Waals surface area contributed by atoms with Gasteiger partial charge in [0.2, 0.25) is 0 Å². The van der Waals surface area contributed by atoms with Crippen LogP contribution in [0.4, 0.5) is 0 Å². The monoisotopic (exact) mass is 255 g/mol. The molecule has 1 atom stereocenters. The van der Waals surface area contributed by atoms with Gasteiger partial charge in [-0.1, -0.05) is 24.3 Å². The van der Waals surface area contributed by atoms with Crippen LogP contribution in [0.15, 0.2) is 35.1 Å². The van der Waals surface area contributed by atoms with Crippen LogP contribution in [0, 0.1) is 0 Å². The average molecular weight is 255 g/mol. The minimum absolute atomic E-state index is 0.0853. The molecular formula is C15H17N3O. The Hall–Kier alpha value is -1.94. The number of fused-ring (bicyclic) bond motifs is 1. The third-order valence-corrected chi connectivity index (χ3v) is 3.68. The van der Waals surface area contributed by atoms with E-state index in [4.69, 9.17) is 5.73 Å². The Morgan fingerprint density at radius 2 is 2.21 bits per heavy atom. The largest absolute Gasteiger partial charge is 0.330 e. The van der Waals surface area contributed by atoms with Crippen molar-refractivity contribution in [2.75, 3.05) is 6.54 Å². The SMILES string of the molecule is NCCc1cc(=O)[nH]c(C2CCc3ccccc32)n1. The van der Waals surface area contributed by atoms with Crippen LogP contribution in [0.1, 0.15) is 35.0 Å². The Morgan fingerprint density at radius 1 is 1.37 bits per heavy atom. The molecule has 1 aromatic carbocycles. The van der Waals surface area contributed by atoms with Crippen LogP contribution in [0.3, 0.4) is 0 Å². The molecule has 0 saturated heterocycles. The van der Waals surface area contributed by atoms with E-state index >= 15 is 0 Å². The second-order valence-corrected chi connectivity index (χ2v) is 4.95. The number of nitrogens with two attached hydrogens (primary N) is 1. The van der Waals surface area contributed by atoms with Gasteiger partial charge < -0.3 is 10.7 Å². The first-order valence-corrected chi connectivity index (χ1v) is 6.66.